The van der Waals surface area contributed by atoms with Gasteiger partial charge in [0.15, 0.2) is 0 Å². The summed E-state index contributed by atoms with van der Waals surface area (Å²) in [6.07, 6.45) is 4.14. The molecule has 1 aromatic rings. The largest absolute Gasteiger partial charge is 0.497 e. The van der Waals surface area contributed by atoms with E-state index in [1.165, 1.54) is 12.8 Å². The zero-order valence-electron chi connectivity index (χ0n) is 14.5. The normalized spacial score (nSPS) is 23.1. The Morgan fingerprint density at radius 1 is 1.29 bits per heavy atom. The summed E-state index contributed by atoms with van der Waals surface area (Å²) in [5, 5.41) is 11.1. The fourth-order valence-electron chi connectivity index (χ4n) is 3.45. The van der Waals surface area contributed by atoms with Gasteiger partial charge in [0, 0.05) is 6.54 Å². The van der Waals surface area contributed by atoms with Crippen LogP contribution in [0.5, 0.6) is 5.75 Å². The van der Waals surface area contributed by atoms with Crippen LogP contribution >= 0.6 is 0 Å². The van der Waals surface area contributed by atoms with Crippen molar-refractivity contribution in [3.63, 3.8) is 0 Å². The van der Waals surface area contributed by atoms with Gasteiger partial charge in [-0.1, -0.05) is 12.1 Å². The molecule has 1 aliphatic heterocycles. The summed E-state index contributed by atoms with van der Waals surface area (Å²) in [5.74, 6) is 1.38. The first-order valence-electron chi connectivity index (χ1n) is 8.76. The van der Waals surface area contributed by atoms with Crippen molar-refractivity contribution in [2.24, 2.45) is 5.92 Å². The highest BCUT2D eigenvalue weighted by Gasteiger charge is 2.42. The molecule has 2 atom stereocenters. The van der Waals surface area contributed by atoms with E-state index in [-0.39, 0.29) is 18.6 Å². The summed E-state index contributed by atoms with van der Waals surface area (Å²) in [6, 6.07) is 7.18. The van der Waals surface area contributed by atoms with Gasteiger partial charge in [0.25, 0.3) is 0 Å². The zero-order chi connectivity index (χ0) is 17.2. The first-order chi connectivity index (χ1) is 11.5. The molecule has 2 aliphatic rings. The third-order valence-corrected chi connectivity index (χ3v) is 5.17. The summed E-state index contributed by atoms with van der Waals surface area (Å²) < 4.78 is 10.7. The highest BCUT2D eigenvalue weighted by molar-refractivity contribution is 5.78. The van der Waals surface area contributed by atoms with Crippen molar-refractivity contribution in [3.05, 3.63) is 29.8 Å². The van der Waals surface area contributed by atoms with Gasteiger partial charge >= 0.3 is 0 Å². The molecule has 1 saturated heterocycles. The molecular formula is C19H27NO4. The Balaban J connectivity index is 1.66. The number of benzene rings is 1. The zero-order valence-corrected chi connectivity index (χ0v) is 14.5. The molecule has 1 aliphatic carbocycles. The van der Waals surface area contributed by atoms with Gasteiger partial charge in [0.05, 0.1) is 19.8 Å². The Kier molecular flexibility index (Phi) is 5.11. The van der Waals surface area contributed by atoms with Crippen LogP contribution in [-0.4, -0.2) is 48.8 Å². The summed E-state index contributed by atoms with van der Waals surface area (Å²) in [4.78, 5) is 14.3. The molecule has 2 fully saturated rings. The number of ether oxygens (including phenoxy) is 2. The first kappa shape index (κ1) is 17.2. The van der Waals surface area contributed by atoms with E-state index >= 15 is 0 Å². The Morgan fingerprint density at radius 2 is 2.00 bits per heavy atom. The van der Waals surface area contributed by atoms with E-state index in [1.54, 1.807) is 18.9 Å². The minimum atomic E-state index is -1.09. The SMILES string of the molecule is COc1ccc(C(C)(O)C2CCCN2C(=O)COCC2CC2)cc1. The maximum absolute atomic E-state index is 12.5. The molecular weight excluding hydrogens is 306 g/mol. The Bertz CT molecular complexity index is 565. The van der Waals surface area contributed by atoms with Crippen LogP contribution < -0.4 is 4.74 Å². The highest BCUT2D eigenvalue weighted by Crippen LogP contribution is 2.35. The van der Waals surface area contributed by atoms with Crippen molar-refractivity contribution in [2.75, 3.05) is 26.9 Å². The maximum atomic E-state index is 12.5. The molecule has 1 N–H and O–H groups in total. The first-order valence-corrected chi connectivity index (χ1v) is 8.76. The average molecular weight is 333 g/mol. The lowest BCUT2D eigenvalue weighted by molar-refractivity contribution is -0.142. The van der Waals surface area contributed by atoms with Crippen LogP contribution in [0.4, 0.5) is 0 Å². The van der Waals surface area contributed by atoms with Crippen molar-refractivity contribution in [1.29, 1.82) is 0 Å². The van der Waals surface area contributed by atoms with Gasteiger partial charge in [-0.25, -0.2) is 0 Å². The summed E-state index contributed by atoms with van der Waals surface area (Å²) in [6.45, 7) is 3.27. The molecule has 1 saturated carbocycles. The molecule has 24 heavy (non-hydrogen) atoms. The van der Waals surface area contributed by atoms with E-state index in [1.807, 2.05) is 24.3 Å². The monoisotopic (exact) mass is 333 g/mol. The Hall–Kier alpha value is -1.59. The second kappa shape index (κ2) is 7.11. The third-order valence-electron chi connectivity index (χ3n) is 5.17. The van der Waals surface area contributed by atoms with Crippen LogP contribution in [0.1, 0.15) is 38.2 Å². The van der Waals surface area contributed by atoms with Gasteiger partial charge in [-0.3, -0.25) is 4.79 Å². The second-order valence-corrected chi connectivity index (χ2v) is 7.08. The molecule has 0 aromatic heterocycles. The number of hydrogen-bond acceptors (Lipinski definition) is 4. The van der Waals surface area contributed by atoms with Gasteiger partial charge in [-0.2, -0.15) is 0 Å². The van der Waals surface area contributed by atoms with E-state index in [2.05, 4.69) is 0 Å². The van der Waals surface area contributed by atoms with Gasteiger partial charge in [-0.15, -0.1) is 0 Å². The molecule has 1 amide bonds. The molecule has 0 radical (unpaired) electrons. The quantitative estimate of drug-likeness (QED) is 0.832. The van der Waals surface area contributed by atoms with Crippen molar-refractivity contribution < 1.29 is 19.4 Å². The molecule has 0 spiro atoms. The number of nitrogens with zero attached hydrogens (tertiary/aromatic N) is 1. The Labute approximate surface area is 143 Å². The van der Waals surface area contributed by atoms with E-state index in [4.69, 9.17) is 9.47 Å². The predicted octanol–water partition coefficient (Wildman–Crippen LogP) is 2.32. The lowest BCUT2D eigenvalue weighted by atomic mass is 9.86. The smallest absolute Gasteiger partial charge is 0.248 e. The topological polar surface area (TPSA) is 59.0 Å². The van der Waals surface area contributed by atoms with Crippen LogP contribution in [-0.2, 0) is 15.1 Å². The molecule has 1 aromatic carbocycles. The lowest BCUT2D eigenvalue weighted by Gasteiger charge is -2.37. The van der Waals surface area contributed by atoms with Gasteiger partial charge in [0.1, 0.15) is 18.0 Å². The van der Waals surface area contributed by atoms with Crippen LogP contribution in [0.2, 0.25) is 0 Å². The molecule has 132 valence electrons. The standard InChI is InChI=1S/C19H27NO4/c1-19(22,15-7-9-16(23-2)10-8-15)17-4-3-11-20(17)18(21)13-24-12-14-5-6-14/h7-10,14,17,22H,3-6,11-13H2,1-2H3. The maximum Gasteiger partial charge on any atom is 0.248 e. The van der Waals surface area contributed by atoms with Crippen LogP contribution in [0.15, 0.2) is 24.3 Å². The van der Waals surface area contributed by atoms with Crippen molar-refractivity contribution in [2.45, 2.75) is 44.2 Å². The van der Waals surface area contributed by atoms with Crippen LogP contribution in [0, 0.1) is 5.92 Å². The van der Waals surface area contributed by atoms with Crippen molar-refractivity contribution >= 4 is 5.91 Å². The van der Waals surface area contributed by atoms with Crippen molar-refractivity contribution in [1.82, 2.24) is 4.90 Å². The molecule has 5 nitrogen and oxygen atoms in total. The second-order valence-electron chi connectivity index (χ2n) is 7.08. The highest BCUT2D eigenvalue weighted by atomic mass is 16.5. The number of methoxy groups -OCH3 is 1. The fourth-order valence-corrected chi connectivity index (χ4v) is 3.45. The minimum absolute atomic E-state index is 0.0214. The average Bonchev–Trinajstić information content (AvgIpc) is 3.26. The van der Waals surface area contributed by atoms with E-state index in [0.29, 0.717) is 19.1 Å². The van der Waals surface area contributed by atoms with Crippen LogP contribution in [0.3, 0.4) is 0 Å². The predicted molar refractivity (Wildman–Crippen MR) is 90.8 cm³/mol. The number of aliphatic hydroxyl groups is 1. The van der Waals surface area contributed by atoms with E-state index in [0.717, 1.165) is 24.2 Å². The van der Waals surface area contributed by atoms with Gasteiger partial charge in [0.2, 0.25) is 5.91 Å². The van der Waals surface area contributed by atoms with E-state index in [9.17, 15) is 9.90 Å². The third kappa shape index (κ3) is 3.73. The molecule has 0 bridgehead atoms. The number of carbonyl (C=O) groups is 1. The fraction of sp³-hybridized carbons (Fsp3) is 0.632. The van der Waals surface area contributed by atoms with Gasteiger partial charge in [-0.05, 0) is 56.2 Å². The number of amides is 1. The van der Waals surface area contributed by atoms with Crippen LogP contribution in [0.25, 0.3) is 0 Å². The van der Waals surface area contributed by atoms with Crippen molar-refractivity contribution in [3.8, 4) is 5.75 Å². The van der Waals surface area contributed by atoms with E-state index < -0.39 is 5.60 Å². The lowest BCUT2D eigenvalue weighted by Crippen LogP contribution is -2.49. The summed E-state index contributed by atoms with van der Waals surface area (Å²) >= 11 is 0. The van der Waals surface area contributed by atoms with Gasteiger partial charge < -0.3 is 19.5 Å². The summed E-state index contributed by atoms with van der Waals surface area (Å²) in [7, 11) is 1.62. The number of rotatable bonds is 7. The molecule has 3 rings (SSSR count). The molecule has 2 unspecified atom stereocenters. The summed E-state index contributed by atoms with van der Waals surface area (Å²) in [5.41, 5.74) is -0.290. The number of carbonyl (C=O) groups excluding carboxylic acids is 1. The Morgan fingerprint density at radius 3 is 2.62 bits per heavy atom. The molecule has 5 heteroatoms. The molecule has 1 heterocycles. The number of likely N-dealkylation sites (tertiary alicyclic amines) is 1. The minimum Gasteiger partial charge on any atom is -0.497 e. The number of hydrogen-bond donors (Lipinski definition) is 1.